The molecular weight excluding hydrogens is 291 g/mol. The Kier molecular flexibility index (Phi) is 4.34. The van der Waals surface area contributed by atoms with Crippen LogP contribution in [-0.4, -0.2) is 18.1 Å². The normalized spacial score (nSPS) is 10.3. The topological polar surface area (TPSA) is 51.2 Å². The molecule has 0 bridgehead atoms. The number of halogens is 2. The number of carbonyl (C=O) groups is 1. The summed E-state index contributed by atoms with van der Waals surface area (Å²) < 4.78 is 18.1. The molecular formula is C12H10ClFN2O2S. The molecule has 0 fully saturated rings. The Morgan fingerprint density at radius 2 is 2.37 bits per heavy atom. The molecule has 0 saturated carbocycles. The molecule has 0 spiro atoms. The van der Waals surface area contributed by atoms with Gasteiger partial charge in [0.05, 0.1) is 29.9 Å². The highest BCUT2D eigenvalue weighted by molar-refractivity contribution is 7.13. The highest BCUT2D eigenvalue weighted by Crippen LogP contribution is 2.29. The minimum Gasteiger partial charge on any atom is -0.469 e. The number of benzene rings is 1. The zero-order valence-electron chi connectivity index (χ0n) is 9.94. The number of carbonyl (C=O) groups excluding carboxylic acids is 1. The molecule has 1 N–H and O–H groups in total. The maximum absolute atomic E-state index is 13.6. The van der Waals surface area contributed by atoms with E-state index in [1.54, 1.807) is 11.4 Å². The molecule has 0 aliphatic carbocycles. The number of thiazole rings is 1. The third-order valence-electron chi connectivity index (χ3n) is 2.30. The van der Waals surface area contributed by atoms with Crippen LogP contribution in [-0.2, 0) is 16.0 Å². The number of nitrogens with one attached hydrogen (secondary N) is 1. The number of para-hydroxylation sites is 1. The summed E-state index contributed by atoms with van der Waals surface area (Å²) in [5.74, 6) is -0.835. The predicted octanol–water partition coefficient (Wildman–Crippen LogP) is 3.39. The van der Waals surface area contributed by atoms with E-state index in [4.69, 9.17) is 11.6 Å². The number of nitrogens with zero attached hydrogens (tertiary/aromatic N) is 1. The average molecular weight is 301 g/mol. The molecule has 0 atom stereocenters. The van der Waals surface area contributed by atoms with E-state index in [1.165, 1.54) is 30.6 Å². The SMILES string of the molecule is COC(=O)Cc1csc(Nc2c(F)cccc2Cl)n1. The largest absolute Gasteiger partial charge is 0.469 e. The van der Waals surface area contributed by atoms with Gasteiger partial charge in [-0.2, -0.15) is 0 Å². The number of ether oxygens (including phenoxy) is 1. The van der Waals surface area contributed by atoms with Crippen molar-refractivity contribution in [1.82, 2.24) is 4.98 Å². The van der Waals surface area contributed by atoms with Crippen LogP contribution < -0.4 is 5.32 Å². The Balaban J connectivity index is 2.14. The maximum atomic E-state index is 13.6. The van der Waals surface area contributed by atoms with Gasteiger partial charge in [0, 0.05) is 5.38 Å². The van der Waals surface area contributed by atoms with Crippen molar-refractivity contribution in [2.24, 2.45) is 0 Å². The van der Waals surface area contributed by atoms with E-state index in [1.807, 2.05) is 0 Å². The number of hydrogen-bond donors (Lipinski definition) is 1. The quantitative estimate of drug-likeness (QED) is 0.879. The van der Waals surface area contributed by atoms with Gasteiger partial charge in [-0.05, 0) is 12.1 Å². The summed E-state index contributed by atoms with van der Waals surface area (Å²) in [6, 6.07) is 4.40. The van der Waals surface area contributed by atoms with Crippen LogP contribution in [0.1, 0.15) is 5.69 Å². The lowest BCUT2D eigenvalue weighted by atomic mass is 10.3. The summed E-state index contributed by atoms with van der Waals surface area (Å²) in [5, 5.41) is 5.23. The Morgan fingerprint density at radius 3 is 3.05 bits per heavy atom. The van der Waals surface area contributed by atoms with Crippen molar-refractivity contribution in [3.63, 3.8) is 0 Å². The Hall–Kier alpha value is -1.66. The summed E-state index contributed by atoms with van der Waals surface area (Å²) in [6.07, 6.45) is 0.0830. The molecule has 2 rings (SSSR count). The van der Waals surface area contributed by atoms with Gasteiger partial charge in [0.1, 0.15) is 5.82 Å². The van der Waals surface area contributed by atoms with Crippen molar-refractivity contribution in [3.8, 4) is 0 Å². The van der Waals surface area contributed by atoms with Crippen LogP contribution in [0.4, 0.5) is 15.2 Å². The smallest absolute Gasteiger partial charge is 0.311 e. The molecule has 0 saturated heterocycles. The van der Waals surface area contributed by atoms with Crippen molar-refractivity contribution in [2.75, 3.05) is 12.4 Å². The fourth-order valence-electron chi connectivity index (χ4n) is 1.39. The van der Waals surface area contributed by atoms with Gasteiger partial charge in [-0.3, -0.25) is 4.79 Å². The fraction of sp³-hybridized carbons (Fsp3) is 0.167. The number of methoxy groups -OCH3 is 1. The number of aromatic nitrogens is 1. The minimum absolute atomic E-state index is 0.0830. The Bertz CT molecular complexity index is 583. The molecule has 0 aliphatic rings. The summed E-state index contributed by atoms with van der Waals surface area (Å²) in [4.78, 5) is 15.3. The van der Waals surface area contributed by atoms with Crippen LogP contribution in [0.15, 0.2) is 23.6 Å². The second-order valence-corrected chi connectivity index (χ2v) is 4.88. The van der Waals surface area contributed by atoms with E-state index in [9.17, 15) is 9.18 Å². The second kappa shape index (κ2) is 5.99. The summed E-state index contributed by atoms with van der Waals surface area (Å²) in [6.45, 7) is 0. The van der Waals surface area contributed by atoms with Crippen LogP contribution in [0.5, 0.6) is 0 Å². The van der Waals surface area contributed by atoms with Crippen LogP contribution in [0.2, 0.25) is 5.02 Å². The molecule has 2 aromatic rings. The molecule has 0 unspecified atom stereocenters. The first kappa shape index (κ1) is 13.8. The van der Waals surface area contributed by atoms with E-state index in [-0.39, 0.29) is 23.1 Å². The molecule has 0 radical (unpaired) electrons. The molecule has 19 heavy (non-hydrogen) atoms. The van der Waals surface area contributed by atoms with Crippen LogP contribution >= 0.6 is 22.9 Å². The number of anilines is 2. The molecule has 1 heterocycles. The summed E-state index contributed by atoms with van der Waals surface area (Å²) >= 11 is 7.15. The van der Waals surface area contributed by atoms with E-state index >= 15 is 0 Å². The number of rotatable bonds is 4. The average Bonchev–Trinajstić information content (AvgIpc) is 2.81. The van der Waals surface area contributed by atoms with Crippen molar-refractivity contribution in [1.29, 1.82) is 0 Å². The van der Waals surface area contributed by atoms with Crippen molar-refractivity contribution in [3.05, 3.63) is 40.1 Å². The predicted molar refractivity (Wildman–Crippen MR) is 72.5 cm³/mol. The van der Waals surface area contributed by atoms with Crippen molar-refractivity contribution < 1.29 is 13.9 Å². The lowest BCUT2D eigenvalue weighted by molar-refractivity contribution is -0.139. The van der Waals surface area contributed by atoms with Gasteiger partial charge < -0.3 is 10.1 Å². The fourth-order valence-corrected chi connectivity index (χ4v) is 2.31. The van der Waals surface area contributed by atoms with Gasteiger partial charge in [0.25, 0.3) is 0 Å². The molecule has 1 aromatic heterocycles. The third kappa shape index (κ3) is 3.42. The van der Waals surface area contributed by atoms with Gasteiger partial charge in [0.15, 0.2) is 5.13 Å². The van der Waals surface area contributed by atoms with Crippen LogP contribution in [0.25, 0.3) is 0 Å². The molecule has 0 amide bonds. The van der Waals surface area contributed by atoms with E-state index in [0.717, 1.165) is 0 Å². The van der Waals surface area contributed by atoms with Gasteiger partial charge in [-0.15, -0.1) is 11.3 Å². The van der Waals surface area contributed by atoms with E-state index in [0.29, 0.717) is 10.8 Å². The van der Waals surface area contributed by atoms with Crippen molar-refractivity contribution >= 4 is 39.7 Å². The van der Waals surface area contributed by atoms with Gasteiger partial charge >= 0.3 is 5.97 Å². The van der Waals surface area contributed by atoms with Crippen molar-refractivity contribution in [2.45, 2.75) is 6.42 Å². The van der Waals surface area contributed by atoms with Gasteiger partial charge in [0.2, 0.25) is 0 Å². The van der Waals surface area contributed by atoms with Crippen LogP contribution in [0.3, 0.4) is 0 Å². The lowest BCUT2D eigenvalue weighted by Gasteiger charge is -2.05. The molecule has 7 heteroatoms. The number of esters is 1. The van der Waals surface area contributed by atoms with Crippen LogP contribution in [0, 0.1) is 5.82 Å². The molecule has 1 aromatic carbocycles. The Labute approximate surface area is 118 Å². The number of hydrogen-bond acceptors (Lipinski definition) is 5. The first-order valence-corrected chi connectivity index (χ1v) is 6.58. The highest BCUT2D eigenvalue weighted by atomic mass is 35.5. The molecule has 4 nitrogen and oxygen atoms in total. The zero-order valence-corrected chi connectivity index (χ0v) is 11.5. The zero-order chi connectivity index (χ0) is 13.8. The minimum atomic E-state index is -0.461. The second-order valence-electron chi connectivity index (χ2n) is 3.62. The van der Waals surface area contributed by atoms with E-state index < -0.39 is 5.82 Å². The summed E-state index contributed by atoms with van der Waals surface area (Å²) in [5.41, 5.74) is 0.731. The maximum Gasteiger partial charge on any atom is 0.311 e. The summed E-state index contributed by atoms with van der Waals surface area (Å²) in [7, 11) is 1.31. The Morgan fingerprint density at radius 1 is 1.58 bits per heavy atom. The standard InChI is InChI=1S/C12H10ClFN2O2S/c1-18-10(17)5-7-6-19-12(15-7)16-11-8(13)3-2-4-9(11)14/h2-4,6H,5H2,1H3,(H,15,16). The van der Waals surface area contributed by atoms with E-state index in [2.05, 4.69) is 15.0 Å². The van der Waals surface area contributed by atoms with Gasteiger partial charge in [-0.1, -0.05) is 17.7 Å². The van der Waals surface area contributed by atoms with Gasteiger partial charge in [-0.25, -0.2) is 9.37 Å². The molecule has 0 aliphatic heterocycles. The molecule has 100 valence electrons. The first-order chi connectivity index (χ1) is 9.10. The monoisotopic (exact) mass is 300 g/mol. The lowest BCUT2D eigenvalue weighted by Crippen LogP contribution is -2.04. The first-order valence-electron chi connectivity index (χ1n) is 5.32. The third-order valence-corrected chi connectivity index (χ3v) is 3.42. The highest BCUT2D eigenvalue weighted by Gasteiger charge is 2.11.